The molecular weight excluding hydrogens is 290 g/mol. The Morgan fingerprint density at radius 2 is 1.94 bits per heavy atom. The third-order valence-corrected chi connectivity index (χ3v) is 4.01. The summed E-state index contributed by atoms with van der Waals surface area (Å²) < 4.78 is 2.68. The van der Waals surface area contributed by atoms with E-state index in [2.05, 4.69) is 59.0 Å². The molecule has 1 heterocycles. The molecule has 0 amide bonds. The molecule has 1 aromatic heterocycles. The van der Waals surface area contributed by atoms with E-state index in [-0.39, 0.29) is 0 Å². The molecule has 2 rings (SSSR count). The summed E-state index contributed by atoms with van der Waals surface area (Å²) in [5.74, 6) is 1.11. The molecular formula is C14H18BrN3. The van der Waals surface area contributed by atoms with Crippen molar-refractivity contribution in [2.24, 2.45) is 7.05 Å². The number of hydrogen-bond acceptors (Lipinski definition) is 2. The molecule has 4 heteroatoms. The van der Waals surface area contributed by atoms with Gasteiger partial charge in [-0.3, -0.25) is 0 Å². The molecule has 1 unspecified atom stereocenters. The van der Waals surface area contributed by atoms with Gasteiger partial charge in [-0.2, -0.15) is 0 Å². The van der Waals surface area contributed by atoms with Crippen molar-refractivity contribution in [1.29, 1.82) is 0 Å². The largest absolute Gasteiger partial charge is 0.369 e. The maximum absolute atomic E-state index is 5.80. The lowest BCUT2D eigenvalue weighted by molar-refractivity contribution is 0.734. The summed E-state index contributed by atoms with van der Waals surface area (Å²) in [6, 6.07) is 8.61. The molecule has 2 aromatic rings. The van der Waals surface area contributed by atoms with Gasteiger partial charge in [0, 0.05) is 12.6 Å². The molecule has 0 fully saturated rings. The first-order valence-electron chi connectivity index (χ1n) is 6.12. The maximum Gasteiger partial charge on any atom is 0.201 e. The van der Waals surface area contributed by atoms with Gasteiger partial charge < -0.3 is 10.3 Å². The van der Waals surface area contributed by atoms with E-state index < -0.39 is 0 Å². The highest BCUT2D eigenvalue weighted by Gasteiger charge is 2.13. The van der Waals surface area contributed by atoms with E-state index in [1.165, 1.54) is 5.56 Å². The van der Waals surface area contributed by atoms with Gasteiger partial charge in [0.2, 0.25) is 5.95 Å². The monoisotopic (exact) mass is 307 g/mol. The van der Waals surface area contributed by atoms with Crippen LogP contribution < -0.4 is 5.73 Å². The summed E-state index contributed by atoms with van der Waals surface area (Å²) in [6.45, 7) is 4.45. The van der Waals surface area contributed by atoms with Gasteiger partial charge in [-0.1, -0.05) is 38.1 Å². The maximum atomic E-state index is 5.80. The number of imidazole rings is 1. The zero-order valence-corrected chi connectivity index (χ0v) is 12.5. The summed E-state index contributed by atoms with van der Waals surface area (Å²) in [5.41, 5.74) is 9.31. The smallest absolute Gasteiger partial charge is 0.201 e. The lowest BCUT2D eigenvalue weighted by Crippen LogP contribution is -1.98. The predicted molar refractivity (Wildman–Crippen MR) is 79.5 cm³/mol. The molecule has 0 radical (unpaired) electrons. The average molecular weight is 308 g/mol. The van der Waals surface area contributed by atoms with E-state index in [0.717, 1.165) is 22.3 Å². The Kier molecular flexibility index (Phi) is 3.76. The average Bonchev–Trinajstić information content (AvgIpc) is 2.63. The molecule has 0 saturated carbocycles. The fourth-order valence-corrected chi connectivity index (χ4v) is 2.68. The van der Waals surface area contributed by atoms with Crippen LogP contribution in [-0.4, -0.2) is 9.55 Å². The first-order chi connectivity index (χ1) is 8.54. The molecule has 0 aliphatic heterocycles. The highest BCUT2D eigenvalue weighted by Crippen LogP contribution is 2.30. The number of hydrogen-bond donors (Lipinski definition) is 1. The Morgan fingerprint density at radius 1 is 1.33 bits per heavy atom. The van der Waals surface area contributed by atoms with Crippen molar-refractivity contribution in [2.45, 2.75) is 26.2 Å². The first-order valence-corrected chi connectivity index (χ1v) is 6.92. The summed E-state index contributed by atoms with van der Waals surface area (Å²) >= 11 is 3.45. The SMILES string of the molecule is CCC(C)c1ccc(-c2c(Br)nc(N)n2C)cc1. The van der Waals surface area contributed by atoms with Crippen LogP contribution in [0.3, 0.4) is 0 Å². The number of rotatable bonds is 3. The van der Waals surface area contributed by atoms with Crippen LogP contribution in [0.1, 0.15) is 31.7 Å². The number of anilines is 1. The Balaban J connectivity index is 2.40. The van der Waals surface area contributed by atoms with Crippen LogP contribution in [-0.2, 0) is 7.05 Å². The molecule has 2 N–H and O–H groups in total. The minimum atomic E-state index is 0.517. The van der Waals surface area contributed by atoms with Crippen LogP contribution >= 0.6 is 15.9 Å². The Labute approximate surface area is 116 Å². The van der Waals surface area contributed by atoms with Gasteiger partial charge in [-0.05, 0) is 33.8 Å². The van der Waals surface area contributed by atoms with Gasteiger partial charge in [0.15, 0.2) is 0 Å². The second kappa shape index (κ2) is 5.14. The minimum absolute atomic E-state index is 0.517. The number of aromatic nitrogens is 2. The van der Waals surface area contributed by atoms with Gasteiger partial charge in [-0.25, -0.2) is 4.98 Å². The third kappa shape index (κ3) is 2.29. The quantitative estimate of drug-likeness (QED) is 0.933. The molecule has 0 spiro atoms. The van der Waals surface area contributed by atoms with E-state index in [4.69, 9.17) is 5.73 Å². The van der Waals surface area contributed by atoms with Crippen molar-refractivity contribution in [3.05, 3.63) is 34.4 Å². The molecule has 0 aliphatic carbocycles. The fraction of sp³-hybridized carbons (Fsp3) is 0.357. The second-order valence-electron chi connectivity index (χ2n) is 4.60. The normalized spacial score (nSPS) is 12.7. The van der Waals surface area contributed by atoms with Crippen molar-refractivity contribution in [2.75, 3.05) is 5.73 Å². The molecule has 0 aliphatic rings. The van der Waals surface area contributed by atoms with Gasteiger partial charge >= 0.3 is 0 Å². The molecule has 3 nitrogen and oxygen atoms in total. The van der Waals surface area contributed by atoms with Gasteiger partial charge in [-0.15, -0.1) is 0 Å². The van der Waals surface area contributed by atoms with Crippen molar-refractivity contribution in [3.8, 4) is 11.3 Å². The summed E-state index contributed by atoms with van der Waals surface area (Å²) in [4.78, 5) is 4.22. The lowest BCUT2D eigenvalue weighted by Gasteiger charge is -2.10. The first kappa shape index (κ1) is 13.1. The minimum Gasteiger partial charge on any atom is -0.369 e. The second-order valence-corrected chi connectivity index (χ2v) is 5.35. The molecule has 0 bridgehead atoms. The molecule has 18 heavy (non-hydrogen) atoms. The highest BCUT2D eigenvalue weighted by molar-refractivity contribution is 9.10. The van der Waals surface area contributed by atoms with Crippen LogP contribution in [0.5, 0.6) is 0 Å². The van der Waals surface area contributed by atoms with Crippen LogP contribution in [0.2, 0.25) is 0 Å². The van der Waals surface area contributed by atoms with Crippen molar-refractivity contribution < 1.29 is 0 Å². The van der Waals surface area contributed by atoms with Crippen LogP contribution in [0.25, 0.3) is 11.3 Å². The number of halogens is 1. The summed E-state index contributed by atoms with van der Waals surface area (Å²) in [6.07, 6.45) is 1.15. The number of benzene rings is 1. The Morgan fingerprint density at radius 3 is 2.39 bits per heavy atom. The molecule has 1 aromatic carbocycles. The molecule has 0 saturated heterocycles. The topological polar surface area (TPSA) is 43.8 Å². The van der Waals surface area contributed by atoms with Crippen molar-refractivity contribution >= 4 is 21.9 Å². The Bertz CT molecular complexity index is 543. The van der Waals surface area contributed by atoms with E-state index in [9.17, 15) is 0 Å². The summed E-state index contributed by atoms with van der Waals surface area (Å²) in [7, 11) is 1.92. The summed E-state index contributed by atoms with van der Waals surface area (Å²) in [5, 5.41) is 0. The predicted octanol–water partition coefficient (Wildman–Crippen LogP) is 3.95. The molecule has 1 atom stereocenters. The highest BCUT2D eigenvalue weighted by atomic mass is 79.9. The third-order valence-electron chi connectivity index (χ3n) is 3.45. The number of nitrogens with two attached hydrogens (primary N) is 1. The number of nitrogens with zero attached hydrogens (tertiary/aromatic N) is 2. The fourth-order valence-electron chi connectivity index (χ4n) is 2.00. The van der Waals surface area contributed by atoms with E-state index in [1.54, 1.807) is 0 Å². The molecule has 96 valence electrons. The Hall–Kier alpha value is -1.29. The van der Waals surface area contributed by atoms with Gasteiger partial charge in [0.05, 0.1) is 5.69 Å². The van der Waals surface area contributed by atoms with Crippen molar-refractivity contribution in [3.63, 3.8) is 0 Å². The lowest BCUT2D eigenvalue weighted by atomic mass is 9.97. The zero-order valence-electron chi connectivity index (χ0n) is 10.9. The van der Waals surface area contributed by atoms with E-state index >= 15 is 0 Å². The van der Waals surface area contributed by atoms with Gasteiger partial charge in [0.1, 0.15) is 4.60 Å². The van der Waals surface area contributed by atoms with Crippen LogP contribution in [0.4, 0.5) is 5.95 Å². The van der Waals surface area contributed by atoms with Crippen LogP contribution in [0.15, 0.2) is 28.9 Å². The van der Waals surface area contributed by atoms with Gasteiger partial charge in [0.25, 0.3) is 0 Å². The number of nitrogen functional groups attached to an aromatic ring is 1. The standard InChI is InChI=1S/C14H18BrN3/c1-4-9(2)10-5-7-11(8-6-10)12-13(15)17-14(16)18(12)3/h5-9H,4H2,1-3H3,(H2,16,17). The van der Waals surface area contributed by atoms with Crippen molar-refractivity contribution in [1.82, 2.24) is 9.55 Å². The zero-order chi connectivity index (χ0) is 13.3. The van der Waals surface area contributed by atoms with E-state index in [0.29, 0.717) is 11.9 Å². The van der Waals surface area contributed by atoms with E-state index in [1.807, 2.05) is 11.6 Å². The van der Waals surface area contributed by atoms with Crippen LogP contribution in [0, 0.1) is 0 Å².